The van der Waals surface area contributed by atoms with Gasteiger partial charge in [-0.3, -0.25) is 9.59 Å². The highest BCUT2D eigenvalue weighted by molar-refractivity contribution is 6.02. The summed E-state index contributed by atoms with van der Waals surface area (Å²) < 4.78 is 4.96. The molecule has 0 bridgehead atoms. The Morgan fingerprint density at radius 2 is 2.00 bits per heavy atom. The van der Waals surface area contributed by atoms with Crippen LogP contribution in [-0.4, -0.2) is 34.2 Å². The second-order valence-corrected chi connectivity index (χ2v) is 6.04. The first-order valence-electron chi connectivity index (χ1n) is 7.65. The molecule has 1 amide bonds. The number of ether oxygens (including phenoxy) is 1. The summed E-state index contributed by atoms with van der Waals surface area (Å²) in [6.45, 7) is 4.63. The first-order valence-corrected chi connectivity index (χ1v) is 7.65. The van der Waals surface area contributed by atoms with E-state index < -0.39 is 29.6 Å². The van der Waals surface area contributed by atoms with Crippen LogP contribution in [0.5, 0.6) is 0 Å². The Labute approximate surface area is 143 Å². The van der Waals surface area contributed by atoms with Crippen molar-refractivity contribution < 1.29 is 14.3 Å². The van der Waals surface area contributed by atoms with Gasteiger partial charge in [-0.05, 0) is 18.9 Å². The number of hydrogen-bond donors (Lipinski definition) is 2. The van der Waals surface area contributed by atoms with Crippen LogP contribution in [0.1, 0.15) is 31.3 Å². The van der Waals surface area contributed by atoms with Gasteiger partial charge in [0.2, 0.25) is 0 Å². The van der Waals surface area contributed by atoms with Crippen LogP contribution in [0.15, 0.2) is 29.1 Å². The number of carbonyl (C=O) groups excluding carboxylic acids is 2. The molecule has 130 valence electrons. The third-order valence-corrected chi connectivity index (χ3v) is 4.01. The van der Waals surface area contributed by atoms with Crippen molar-refractivity contribution in [3.05, 3.63) is 40.3 Å². The van der Waals surface area contributed by atoms with E-state index in [2.05, 4.69) is 15.5 Å². The monoisotopic (exact) mass is 342 g/mol. The summed E-state index contributed by atoms with van der Waals surface area (Å²) in [5, 5.41) is 18.3. The second-order valence-electron chi connectivity index (χ2n) is 6.04. The summed E-state index contributed by atoms with van der Waals surface area (Å²) in [5.74, 6) is -1.56. The Balaban J connectivity index is 2.12. The molecule has 1 aromatic carbocycles. The average Bonchev–Trinajstić information content (AvgIpc) is 2.60. The number of H-pyrrole nitrogens is 1. The Morgan fingerprint density at radius 3 is 2.60 bits per heavy atom. The van der Waals surface area contributed by atoms with Gasteiger partial charge in [0.1, 0.15) is 5.54 Å². The van der Waals surface area contributed by atoms with Crippen molar-refractivity contribution in [3.8, 4) is 6.07 Å². The van der Waals surface area contributed by atoms with Gasteiger partial charge in [0, 0.05) is 5.39 Å². The average molecular weight is 342 g/mol. The van der Waals surface area contributed by atoms with E-state index in [1.807, 2.05) is 6.07 Å². The molecule has 8 nitrogen and oxygen atoms in total. The molecule has 0 aliphatic rings. The van der Waals surface area contributed by atoms with Gasteiger partial charge in [-0.25, -0.2) is 9.89 Å². The van der Waals surface area contributed by atoms with Crippen molar-refractivity contribution in [2.24, 2.45) is 5.92 Å². The third-order valence-electron chi connectivity index (χ3n) is 4.01. The fraction of sp³-hybridized carbons (Fsp3) is 0.353. The SMILES string of the molecule is CC(C)[C@@](C)(C#N)NC(=O)COC(=O)c1n[nH]c(=O)c2ccccc12. The zero-order valence-corrected chi connectivity index (χ0v) is 14.1. The maximum Gasteiger partial charge on any atom is 0.359 e. The first kappa shape index (κ1) is 18.1. The molecule has 1 aromatic heterocycles. The van der Waals surface area contributed by atoms with Gasteiger partial charge in [0.25, 0.3) is 11.5 Å². The molecule has 2 aromatic rings. The number of nitrogens with one attached hydrogen (secondary N) is 2. The topological polar surface area (TPSA) is 125 Å². The molecule has 1 atom stereocenters. The number of hydrogen-bond acceptors (Lipinski definition) is 6. The van der Waals surface area contributed by atoms with Crippen molar-refractivity contribution in [3.63, 3.8) is 0 Å². The molecule has 0 saturated heterocycles. The predicted molar refractivity (Wildman–Crippen MR) is 89.6 cm³/mol. The van der Waals surface area contributed by atoms with Crippen LogP contribution >= 0.6 is 0 Å². The second kappa shape index (κ2) is 7.13. The summed E-state index contributed by atoms with van der Waals surface area (Å²) >= 11 is 0. The number of nitriles is 1. The van der Waals surface area contributed by atoms with Gasteiger partial charge in [0.05, 0.1) is 11.5 Å². The maximum atomic E-state index is 12.2. The van der Waals surface area contributed by atoms with Crippen molar-refractivity contribution in [1.29, 1.82) is 5.26 Å². The van der Waals surface area contributed by atoms with Crippen LogP contribution in [0.4, 0.5) is 0 Å². The Hall–Kier alpha value is -3.21. The van der Waals surface area contributed by atoms with E-state index in [4.69, 9.17) is 4.74 Å². The molecule has 1 heterocycles. The van der Waals surface area contributed by atoms with Crippen molar-refractivity contribution in [1.82, 2.24) is 15.5 Å². The normalized spacial score (nSPS) is 13.1. The van der Waals surface area contributed by atoms with Crippen LogP contribution in [0.3, 0.4) is 0 Å². The number of esters is 1. The van der Waals surface area contributed by atoms with Crippen molar-refractivity contribution in [2.45, 2.75) is 26.3 Å². The molecule has 0 fully saturated rings. The number of aromatic amines is 1. The summed E-state index contributed by atoms with van der Waals surface area (Å²) in [6, 6.07) is 8.48. The third kappa shape index (κ3) is 3.83. The minimum Gasteiger partial charge on any atom is -0.451 e. The fourth-order valence-corrected chi connectivity index (χ4v) is 2.10. The first-order chi connectivity index (χ1) is 11.8. The molecule has 8 heteroatoms. The lowest BCUT2D eigenvalue weighted by molar-refractivity contribution is -0.125. The van der Waals surface area contributed by atoms with E-state index in [0.717, 1.165) is 0 Å². The molecule has 0 radical (unpaired) electrons. The largest absolute Gasteiger partial charge is 0.451 e. The highest BCUT2D eigenvalue weighted by Crippen LogP contribution is 2.15. The number of aromatic nitrogens is 2. The predicted octanol–water partition coefficient (Wildman–Crippen LogP) is 1.13. The van der Waals surface area contributed by atoms with E-state index in [9.17, 15) is 19.6 Å². The molecule has 0 aliphatic heterocycles. The standard InChI is InChI=1S/C17H18N4O4/c1-10(2)17(3,9-18)19-13(22)8-25-16(24)14-11-6-4-5-7-12(11)15(23)21-20-14/h4-7,10H,8H2,1-3H3,(H,19,22)(H,21,23)/t17-/m1/s1. The zero-order chi connectivity index (χ0) is 18.6. The quantitative estimate of drug-likeness (QED) is 0.785. The lowest BCUT2D eigenvalue weighted by Gasteiger charge is -2.27. The molecular weight excluding hydrogens is 324 g/mol. The van der Waals surface area contributed by atoms with Gasteiger partial charge in [-0.1, -0.05) is 32.0 Å². The smallest absolute Gasteiger partial charge is 0.359 e. The molecule has 0 unspecified atom stereocenters. The molecule has 2 rings (SSSR count). The highest BCUT2D eigenvalue weighted by atomic mass is 16.5. The number of fused-ring (bicyclic) bond motifs is 1. The molecular formula is C17H18N4O4. The highest BCUT2D eigenvalue weighted by Gasteiger charge is 2.30. The van der Waals surface area contributed by atoms with Crippen LogP contribution < -0.4 is 10.9 Å². The Bertz CT molecular complexity index is 913. The number of carbonyl (C=O) groups is 2. The zero-order valence-electron chi connectivity index (χ0n) is 14.1. The van der Waals surface area contributed by atoms with E-state index in [-0.39, 0.29) is 11.6 Å². The van der Waals surface area contributed by atoms with E-state index >= 15 is 0 Å². The van der Waals surface area contributed by atoms with Crippen LogP contribution in [0.25, 0.3) is 10.8 Å². The molecule has 25 heavy (non-hydrogen) atoms. The van der Waals surface area contributed by atoms with Gasteiger partial charge in [-0.15, -0.1) is 0 Å². The number of benzene rings is 1. The summed E-state index contributed by atoms with van der Waals surface area (Å²) in [6.07, 6.45) is 0. The van der Waals surface area contributed by atoms with E-state index in [0.29, 0.717) is 10.8 Å². The van der Waals surface area contributed by atoms with Gasteiger partial charge < -0.3 is 10.1 Å². The number of nitrogens with zero attached hydrogens (tertiary/aromatic N) is 2. The van der Waals surface area contributed by atoms with E-state index in [1.165, 1.54) is 0 Å². The maximum absolute atomic E-state index is 12.2. The van der Waals surface area contributed by atoms with Gasteiger partial charge in [-0.2, -0.15) is 10.4 Å². The van der Waals surface area contributed by atoms with Gasteiger partial charge in [0.15, 0.2) is 12.3 Å². The lowest BCUT2D eigenvalue weighted by Crippen LogP contribution is -2.50. The van der Waals surface area contributed by atoms with E-state index in [1.54, 1.807) is 45.0 Å². The van der Waals surface area contributed by atoms with Crippen LogP contribution in [0.2, 0.25) is 0 Å². The molecule has 0 aliphatic carbocycles. The summed E-state index contributed by atoms with van der Waals surface area (Å²) in [4.78, 5) is 35.9. The fourth-order valence-electron chi connectivity index (χ4n) is 2.10. The minimum atomic E-state index is -1.06. The number of amides is 1. The Kier molecular flexibility index (Phi) is 5.17. The lowest BCUT2D eigenvalue weighted by atomic mass is 9.90. The van der Waals surface area contributed by atoms with Crippen molar-refractivity contribution >= 4 is 22.6 Å². The molecule has 0 saturated carbocycles. The van der Waals surface area contributed by atoms with Crippen LogP contribution in [-0.2, 0) is 9.53 Å². The number of rotatable bonds is 5. The minimum absolute atomic E-state index is 0.0881. The Morgan fingerprint density at radius 1 is 1.36 bits per heavy atom. The van der Waals surface area contributed by atoms with Crippen LogP contribution in [0, 0.1) is 17.2 Å². The summed E-state index contributed by atoms with van der Waals surface area (Å²) in [5.41, 5.74) is -1.58. The summed E-state index contributed by atoms with van der Waals surface area (Å²) in [7, 11) is 0. The van der Waals surface area contributed by atoms with Gasteiger partial charge >= 0.3 is 5.97 Å². The van der Waals surface area contributed by atoms with Crippen molar-refractivity contribution in [2.75, 3.05) is 6.61 Å². The molecule has 2 N–H and O–H groups in total. The molecule has 0 spiro atoms.